The first kappa shape index (κ1) is 22.2. The van der Waals surface area contributed by atoms with Gasteiger partial charge in [0.25, 0.3) is 0 Å². The van der Waals surface area contributed by atoms with Crippen molar-refractivity contribution < 1.29 is 9.15 Å². The minimum absolute atomic E-state index is 0.0142. The molecule has 0 radical (unpaired) electrons. The van der Waals surface area contributed by atoms with Gasteiger partial charge >= 0.3 is 0 Å². The second-order valence-electron chi connectivity index (χ2n) is 10.4. The molecule has 0 fully saturated rings. The zero-order valence-corrected chi connectivity index (χ0v) is 21.4. The van der Waals surface area contributed by atoms with E-state index in [1.807, 2.05) is 0 Å². The summed E-state index contributed by atoms with van der Waals surface area (Å²) in [6.45, 7) is 0. The lowest BCUT2D eigenvalue weighted by Crippen LogP contribution is -2.17. The Hall–Kier alpha value is -4.82. The second kappa shape index (κ2) is 8.89. The normalized spacial score (nSPS) is 17.6. The standard InChI is InChI=1S/C37H26O2/c1-4-10-24(11-5-1)20-33-36-31(29-21-27(16-18-34(29)38-36)25-12-6-2-7-13-25)23-32-30-22-28(26-14-8-3-9-15-26)17-19-35(30)39-37(32)33/h1-19,21-23,29,34H,20H2. The van der Waals surface area contributed by atoms with Crippen LogP contribution >= 0.6 is 0 Å². The molecule has 2 atom stereocenters. The topological polar surface area (TPSA) is 22.4 Å². The van der Waals surface area contributed by atoms with E-state index >= 15 is 0 Å². The maximum Gasteiger partial charge on any atom is 0.142 e. The summed E-state index contributed by atoms with van der Waals surface area (Å²) in [5.41, 5.74) is 10.3. The van der Waals surface area contributed by atoms with Gasteiger partial charge in [0, 0.05) is 34.2 Å². The zero-order valence-electron chi connectivity index (χ0n) is 21.4. The van der Waals surface area contributed by atoms with Gasteiger partial charge < -0.3 is 9.15 Å². The van der Waals surface area contributed by atoms with Crippen molar-refractivity contribution in [3.8, 4) is 16.9 Å². The average Bonchev–Trinajstić information content (AvgIpc) is 3.56. The molecule has 186 valence electrons. The molecule has 6 aromatic rings. The highest BCUT2D eigenvalue weighted by atomic mass is 16.5. The van der Waals surface area contributed by atoms with Crippen molar-refractivity contribution in [2.45, 2.75) is 18.4 Å². The van der Waals surface area contributed by atoms with E-state index in [0.717, 1.165) is 39.7 Å². The van der Waals surface area contributed by atoms with Gasteiger partial charge in [0.05, 0.1) is 0 Å². The molecule has 2 unspecified atom stereocenters. The Labute approximate surface area is 227 Å². The predicted octanol–water partition coefficient (Wildman–Crippen LogP) is 9.34. The number of hydrogen-bond acceptors (Lipinski definition) is 2. The molecule has 8 rings (SSSR count). The molecule has 1 aliphatic heterocycles. The molecule has 2 aliphatic rings. The third-order valence-electron chi connectivity index (χ3n) is 8.07. The highest BCUT2D eigenvalue weighted by molar-refractivity contribution is 6.08. The lowest BCUT2D eigenvalue weighted by molar-refractivity contribution is 0.267. The molecule has 1 aromatic heterocycles. The Kier molecular flexibility index (Phi) is 5.06. The summed E-state index contributed by atoms with van der Waals surface area (Å²) in [6, 6.07) is 40.6. The number of hydrogen-bond donors (Lipinski definition) is 0. The largest absolute Gasteiger partial charge is 0.485 e. The highest BCUT2D eigenvalue weighted by Gasteiger charge is 2.37. The highest BCUT2D eigenvalue weighted by Crippen LogP contribution is 2.50. The number of allylic oxidation sites excluding steroid dienone is 2. The lowest BCUT2D eigenvalue weighted by Gasteiger charge is -2.18. The Morgan fingerprint density at radius 1 is 0.641 bits per heavy atom. The van der Waals surface area contributed by atoms with E-state index in [4.69, 9.17) is 9.15 Å². The van der Waals surface area contributed by atoms with E-state index < -0.39 is 0 Å². The van der Waals surface area contributed by atoms with Crippen LogP contribution in [0.25, 0.3) is 38.6 Å². The monoisotopic (exact) mass is 502 g/mol. The molecule has 0 bridgehead atoms. The first-order valence-corrected chi connectivity index (χ1v) is 13.6. The van der Waals surface area contributed by atoms with Gasteiger partial charge in [0.15, 0.2) is 0 Å². The average molecular weight is 503 g/mol. The molecule has 0 spiro atoms. The van der Waals surface area contributed by atoms with E-state index in [-0.39, 0.29) is 12.0 Å². The summed E-state index contributed by atoms with van der Waals surface area (Å²) >= 11 is 0. The van der Waals surface area contributed by atoms with E-state index in [9.17, 15) is 0 Å². The first-order chi connectivity index (χ1) is 19.3. The van der Waals surface area contributed by atoms with Crippen LogP contribution in [0.4, 0.5) is 0 Å². The van der Waals surface area contributed by atoms with Crippen LogP contribution in [0.2, 0.25) is 0 Å². The smallest absolute Gasteiger partial charge is 0.142 e. The van der Waals surface area contributed by atoms with E-state index in [2.05, 4.69) is 133 Å². The van der Waals surface area contributed by atoms with Crippen LogP contribution in [0.3, 0.4) is 0 Å². The van der Waals surface area contributed by atoms with Crippen LogP contribution < -0.4 is 4.74 Å². The fourth-order valence-corrected chi connectivity index (χ4v) is 6.14. The summed E-state index contributed by atoms with van der Waals surface area (Å²) in [6.07, 6.45) is 7.53. The molecule has 0 amide bonds. The maximum absolute atomic E-state index is 6.70. The van der Waals surface area contributed by atoms with Crippen molar-refractivity contribution in [3.05, 3.63) is 156 Å². The van der Waals surface area contributed by atoms with Crippen LogP contribution in [0, 0.1) is 0 Å². The van der Waals surface area contributed by atoms with Crippen LogP contribution in [-0.2, 0) is 6.42 Å². The van der Waals surface area contributed by atoms with E-state index in [1.165, 1.54) is 33.4 Å². The molecular weight excluding hydrogens is 476 g/mol. The molecule has 2 nitrogen and oxygen atoms in total. The van der Waals surface area contributed by atoms with Gasteiger partial charge in [-0.1, -0.05) is 109 Å². The maximum atomic E-state index is 6.70. The molecule has 5 aromatic carbocycles. The van der Waals surface area contributed by atoms with Crippen molar-refractivity contribution in [3.63, 3.8) is 0 Å². The number of furan rings is 1. The molecule has 2 heteroatoms. The molecule has 39 heavy (non-hydrogen) atoms. The van der Waals surface area contributed by atoms with Gasteiger partial charge in [-0.15, -0.1) is 0 Å². The number of fused-ring (bicyclic) bond motifs is 6. The summed E-state index contributed by atoms with van der Waals surface area (Å²) in [4.78, 5) is 0. The van der Waals surface area contributed by atoms with Gasteiger partial charge in [-0.05, 0) is 52.1 Å². The Morgan fingerprint density at radius 2 is 1.36 bits per heavy atom. The Bertz CT molecular complexity index is 1890. The molecule has 0 N–H and O–H groups in total. The number of ether oxygens (including phenoxy) is 1. The Morgan fingerprint density at radius 3 is 2.13 bits per heavy atom. The lowest BCUT2D eigenvalue weighted by atomic mass is 9.85. The third kappa shape index (κ3) is 3.72. The minimum Gasteiger partial charge on any atom is -0.485 e. The molecule has 0 saturated carbocycles. The van der Waals surface area contributed by atoms with Crippen molar-refractivity contribution >= 4 is 27.5 Å². The van der Waals surface area contributed by atoms with Crippen LogP contribution in [-0.4, -0.2) is 6.10 Å². The van der Waals surface area contributed by atoms with Gasteiger partial charge in [-0.2, -0.15) is 0 Å². The second-order valence-corrected chi connectivity index (χ2v) is 10.4. The minimum atomic E-state index is -0.0142. The fourth-order valence-electron chi connectivity index (χ4n) is 6.14. The summed E-state index contributed by atoms with van der Waals surface area (Å²) < 4.78 is 13.3. The summed E-state index contributed by atoms with van der Waals surface area (Å²) in [5, 5.41) is 2.30. The molecule has 1 aliphatic carbocycles. The first-order valence-electron chi connectivity index (χ1n) is 13.6. The number of benzene rings is 5. The molecule has 2 heterocycles. The van der Waals surface area contributed by atoms with E-state index in [1.54, 1.807) is 0 Å². The van der Waals surface area contributed by atoms with Gasteiger partial charge in [-0.3, -0.25) is 0 Å². The van der Waals surface area contributed by atoms with Crippen molar-refractivity contribution in [2.24, 2.45) is 0 Å². The zero-order chi connectivity index (χ0) is 25.8. The predicted molar refractivity (Wildman–Crippen MR) is 159 cm³/mol. The van der Waals surface area contributed by atoms with Gasteiger partial charge in [0.2, 0.25) is 0 Å². The Balaban J connectivity index is 1.35. The molecule has 0 saturated heterocycles. The van der Waals surface area contributed by atoms with Crippen molar-refractivity contribution in [2.75, 3.05) is 0 Å². The third-order valence-corrected chi connectivity index (χ3v) is 8.07. The van der Waals surface area contributed by atoms with Crippen LogP contribution in [0.1, 0.15) is 28.2 Å². The van der Waals surface area contributed by atoms with Crippen molar-refractivity contribution in [1.29, 1.82) is 0 Å². The SMILES string of the molecule is C1=CC2Oc3c(cc4c(oc5ccc(-c6ccccc6)cc54)c3Cc3ccccc3)C2C=C1c1ccccc1. The van der Waals surface area contributed by atoms with Crippen LogP contribution in [0.15, 0.2) is 138 Å². The molecular formula is C37H26O2. The van der Waals surface area contributed by atoms with Crippen LogP contribution in [0.5, 0.6) is 5.75 Å². The fraction of sp³-hybridized carbons (Fsp3) is 0.0811. The summed E-state index contributed by atoms with van der Waals surface area (Å²) in [7, 11) is 0. The summed E-state index contributed by atoms with van der Waals surface area (Å²) in [5.74, 6) is 1.13. The van der Waals surface area contributed by atoms with Gasteiger partial charge in [-0.25, -0.2) is 0 Å². The van der Waals surface area contributed by atoms with Gasteiger partial charge in [0.1, 0.15) is 23.0 Å². The number of rotatable bonds is 4. The van der Waals surface area contributed by atoms with Crippen molar-refractivity contribution in [1.82, 2.24) is 0 Å². The quantitative estimate of drug-likeness (QED) is 0.240. The van der Waals surface area contributed by atoms with E-state index in [0.29, 0.717) is 0 Å².